The van der Waals surface area contributed by atoms with Crippen LogP contribution in [0.3, 0.4) is 0 Å². The molecule has 1 saturated heterocycles. The minimum absolute atomic E-state index is 0.0765. The van der Waals surface area contributed by atoms with Crippen molar-refractivity contribution in [1.82, 2.24) is 4.90 Å². The molecule has 1 atom stereocenters. The molecule has 5 heteroatoms. The van der Waals surface area contributed by atoms with Crippen LogP contribution in [0.25, 0.3) is 0 Å². The quantitative estimate of drug-likeness (QED) is 0.637. The summed E-state index contributed by atoms with van der Waals surface area (Å²) in [6, 6.07) is 15.5. The van der Waals surface area contributed by atoms with Gasteiger partial charge in [-0.3, -0.25) is 4.79 Å². The van der Waals surface area contributed by atoms with Gasteiger partial charge in [-0.25, -0.2) is 0 Å². The van der Waals surface area contributed by atoms with Crippen LogP contribution in [0.1, 0.15) is 21.3 Å². The summed E-state index contributed by atoms with van der Waals surface area (Å²) in [4.78, 5) is 14.7. The molecule has 0 aliphatic carbocycles. The van der Waals surface area contributed by atoms with Crippen molar-refractivity contribution in [1.29, 1.82) is 0 Å². The van der Waals surface area contributed by atoms with Gasteiger partial charge in [-0.1, -0.05) is 29.8 Å². The van der Waals surface area contributed by atoms with E-state index in [-0.39, 0.29) is 11.3 Å². The van der Waals surface area contributed by atoms with E-state index in [9.17, 15) is 4.79 Å². The van der Waals surface area contributed by atoms with Crippen LogP contribution in [-0.4, -0.2) is 23.1 Å². The third kappa shape index (κ3) is 3.38. The Bertz CT molecular complexity index is 662. The van der Waals surface area contributed by atoms with Gasteiger partial charge < -0.3 is 4.90 Å². The van der Waals surface area contributed by atoms with Crippen molar-refractivity contribution < 1.29 is 4.79 Å². The second-order valence-electron chi connectivity index (χ2n) is 4.78. The standard InChI is InChI=1S/C16H13ClINOS/c17-13-6-4-11(5-7-13)16-19(8-9-21-16)15(20)12-2-1-3-14(18)10-12/h1-7,10,16H,8-9H2. The van der Waals surface area contributed by atoms with Gasteiger partial charge in [0.05, 0.1) is 0 Å². The fourth-order valence-electron chi connectivity index (χ4n) is 2.37. The first-order chi connectivity index (χ1) is 10.1. The predicted molar refractivity (Wildman–Crippen MR) is 96.8 cm³/mol. The fraction of sp³-hybridized carbons (Fsp3) is 0.188. The van der Waals surface area contributed by atoms with Crippen LogP contribution < -0.4 is 0 Å². The molecule has 1 fully saturated rings. The van der Waals surface area contributed by atoms with Crippen LogP contribution in [0.2, 0.25) is 5.02 Å². The topological polar surface area (TPSA) is 20.3 Å². The molecular weight excluding hydrogens is 417 g/mol. The van der Waals surface area contributed by atoms with Crippen LogP contribution in [0, 0.1) is 3.57 Å². The Hall–Kier alpha value is -0.720. The highest BCUT2D eigenvalue weighted by Gasteiger charge is 2.31. The van der Waals surface area contributed by atoms with Crippen molar-refractivity contribution in [3.63, 3.8) is 0 Å². The van der Waals surface area contributed by atoms with E-state index in [0.29, 0.717) is 0 Å². The fourth-order valence-corrected chi connectivity index (χ4v) is 4.29. The van der Waals surface area contributed by atoms with Gasteiger partial charge in [0.1, 0.15) is 5.37 Å². The number of benzene rings is 2. The van der Waals surface area contributed by atoms with Crippen LogP contribution in [0.15, 0.2) is 48.5 Å². The Labute approximate surface area is 147 Å². The maximum absolute atomic E-state index is 12.7. The lowest BCUT2D eigenvalue weighted by molar-refractivity contribution is 0.0760. The molecule has 0 saturated carbocycles. The van der Waals surface area contributed by atoms with Gasteiger partial charge in [-0.05, 0) is 58.5 Å². The number of carbonyl (C=O) groups is 1. The highest BCUT2D eigenvalue weighted by atomic mass is 127. The van der Waals surface area contributed by atoms with E-state index in [1.54, 1.807) is 11.8 Å². The molecular formula is C16H13ClINOS. The lowest BCUT2D eigenvalue weighted by Gasteiger charge is -2.24. The van der Waals surface area contributed by atoms with E-state index in [0.717, 1.165) is 32.0 Å². The van der Waals surface area contributed by atoms with E-state index >= 15 is 0 Å². The van der Waals surface area contributed by atoms with Crippen molar-refractivity contribution in [3.05, 3.63) is 68.3 Å². The Kier molecular flexibility index (Phi) is 4.76. The molecule has 2 nitrogen and oxygen atoms in total. The van der Waals surface area contributed by atoms with Crippen LogP contribution in [-0.2, 0) is 0 Å². The molecule has 1 unspecified atom stereocenters. The molecule has 3 rings (SSSR count). The van der Waals surface area contributed by atoms with Crippen molar-refractivity contribution in [2.45, 2.75) is 5.37 Å². The van der Waals surface area contributed by atoms with Crippen molar-refractivity contribution in [2.75, 3.05) is 12.3 Å². The van der Waals surface area contributed by atoms with Crippen molar-refractivity contribution >= 4 is 51.9 Å². The van der Waals surface area contributed by atoms with Gasteiger partial charge in [-0.2, -0.15) is 0 Å². The monoisotopic (exact) mass is 429 g/mol. The lowest BCUT2D eigenvalue weighted by Crippen LogP contribution is -2.30. The van der Waals surface area contributed by atoms with Gasteiger partial charge in [0.2, 0.25) is 0 Å². The largest absolute Gasteiger partial charge is 0.322 e. The zero-order valence-electron chi connectivity index (χ0n) is 11.1. The van der Waals surface area contributed by atoms with E-state index in [1.807, 2.05) is 53.4 Å². The highest BCUT2D eigenvalue weighted by molar-refractivity contribution is 14.1. The molecule has 108 valence electrons. The molecule has 0 spiro atoms. The summed E-state index contributed by atoms with van der Waals surface area (Å²) in [7, 11) is 0. The molecule has 1 heterocycles. The van der Waals surface area contributed by atoms with Gasteiger partial charge in [0.25, 0.3) is 5.91 Å². The number of amides is 1. The average Bonchev–Trinajstić information content (AvgIpc) is 2.96. The second kappa shape index (κ2) is 6.58. The zero-order chi connectivity index (χ0) is 14.8. The number of carbonyl (C=O) groups excluding carboxylic acids is 1. The number of hydrogen-bond acceptors (Lipinski definition) is 2. The van der Waals surface area contributed by atoms with Crippen LogP contribution >= 0.6 is 46.0 Å². The minimum Gasteiger partial charge on any atom is -0.322 e. The summed E-state index contributed by atoms with van der Waals surface area (Å²) in [5, 5.41) is 0.796. The maximum Gasteiger partial charge on any atom is 0.255 e. The molecule has 1 aliphatic heterocycles. The number of halogens is 2. The predicted octanol–water partition coefficient (Wildman–Crippen LogP) is 4.83. The third-order valence-corrected chi connectivity index (χ3v) is 5.56. The summed E-state index contributed by atoms with van der Waals surface area (Å²) in [6.07, 6.45) is 0. The zero-order valence-corrected chi connectivity index (χ0v) is 14.9. The molecule has 2 aromatic carbocycles. The lowest BCUT2D eigenvalue weighted by atomic mass is 10.1. The number of hydrogen-bond donors (Lipinski definition) is 0. The summed E-state index contributed by atoms with van der Waals surface area (Å²) < 4.78 is 1.08. The normalized spacial score (nSPS) is 18.0. The third-order valence-electron chi connectivity index (χ3n) is 3.38. The smallest absolute Gasteiger partial charge is 0.255 e. The molecule has 1 amide bonds. The Morgan fingerprint density at radius 3 is 2.71 bits per heavy atom. The first-order valence-electron chi connectivity index (χ1n) is 6.59. The Morgan fingerprint density at radius 1 is 1.24 bits per heavy atom. The first-order valence-corrected chi connectivity index (χ1v) is 9.09. The van der Waals surface area contributed by atoms with Crippen molar-refractivity contribution in [3.8, 4) is 0 Å². The van der Waals surface area contributed by atoms with Crippen LogP contribution in [0.5, 0.6) is 0 Å². The number of nitrogens with zero attached hydrogens (tertiary/aromatic N) is 1. The summed E-state index contributed by atoms with van der Waals surface area (Å²) in [6.45, 7) is 0.780. The first kappa shape index (κ1) is 15.2. The SMILES string of the molecule is O=C(c1cccc(I)c1)N1CCSC1c1ccc(Cl)cc1. The molecule has 2 aromatic rings. The van der Waals surface area contributed by atoms with E-state index in [4.69, 9.17) is 11.6 Å². The Morgan fingerprint density at radius 2 is 2.00 bits per heavy atom. The van der Waals surface area contributed by atoms with Gasteiger partial charge in [-0.15, -0.1) is 11.8 Å². The van der Waals surface area contributed by atoms with Gasteiger partial charge >= 0.3 is 0 Å². The Balaban J connectivity index is 1.87. The summed E-state index contributed by atoms with van der Waals surface area (Å²) in [5.41, 5.74) is 1.88. The van der Waals surface area contributed by atoms with E-state index < -0.39 is 0 Å². The summed E-state index contributed by atoms with van der Waals surface area (Å²) >= 11 is 9.97. The average molecular weight is 430 g/mol. The second-order valence-corrected chi connectivity index (χ2v) is 7.65. The molecule has 0 N–H and O–H groups in total. The van der Waals surface area contributed by atoms with Gasteiger partial charge in [0, 0.05) is 26.5 Å². The van der Waals surface area contributed by atoms with E-state index in [2.05, 4.69) is 22.6 Å². The number of rotatable bonds is 2. The molecule has 21 heavy (non-hydrogen) atoms. The number of thioether (sulfide) groups is 1. The molecule has 1 aliphatic rings. The highest BCUT2D eigenvalue weighted by Crippen LogP contribution is 2.39. The maximum atomic E-state index is 12.7. The molecule has 0 bridgehead atoms. The molecule has 0 radical (unpaired) electrons. The van der Waals surface area contributed by atoms with E-state index in [1.165, 1.54) is 0 Å². The van der Waals surface area contributed by atoms with Crippen LogP contribution in [0.4, 0.5) is 0 Å². The summed E-state index contributed by atoms with van der Waals surface area (Å²) in [5.74, 6) is 1.06. The van der Waals surface area contributed by atoms with Gasteiger partial charge in [0.15, 0.2) is 0 Å². The minimum atomic E-state index is 0.0765. The molecule has 0 aromatic heterocycles. The van der Waals surface area contributed by atoms with Crippen molar-refractivity contribution in [2.24, 2.45) is 0 Å².